The highest BCUT2D eigenvalue weighted by Crippen LogP contribution is 2.29. The van der Waals surface area contributed by atoms with Crippen molar-refractivity contribution in [2.24, 2.45) is 0 Å². The molecule has 0 fully saturated rings. The van der Waals surface area contributed by atoms with Gasteiger partial charge in [0.1, 0.15) is 10.7 Å². The standard InChI is InChI=1S/C12H16ClFN2O2S/c1-4-5-16(8(2)3)19(17,18)12-7-11(15)10(14)6-9(12)13/h4,6-8H,1,5,15H2,2-3H3. The quantitative estimate of drug-likeness (QED) is 0.672. The van der Waals surface area contributed by atoms with Crippen LogP contribution in [0.1, 0.15) is 13.8 Å². The van der Waals surface area contributed by atoms with Gasteiger partial charge in [0.25, 0.3) is 0 Å². The highest BCUT2D eigenvalue weighted by molar-refractivity contribution is 7.89. The Hall–Kier alpha value is -1.11. The predicted molar refractivity (Wildman–Crippen MR) is 75.0 cm³/mol. The van der Waals surface area contributed by atoms with Crippen LogP contribution in [-0.2, 0) is 10.0 Å². The lowest BCUT2D eigenvalue weighted by molar-refractivity contribution is 0.383. The largest absolute Gasteiger partial charge is 0.396 e. The van der Waals surface area contributed by atoms with Crippen LogP contribution in [0.3, 0.4) is 0 Å². The fourth-order valence-corrected chi connectivity index (χ4v) is 3.72. The van der Waals surface area contributed by atoms with Crippen molar-refractivity contribution < 1.29 is 12.8 Å². The van der Waals surface area contributed by atoms with E-state index in [0.717, 1.165) is 12.1 Å². The molecule has 1 rings (SSSR count). The molecule has 0 atom stereocenters. The first-order valence-electron chi connectivity index (χ1n) is 5.59. The van der Waals surface area contributed by atoms with Gasteiger partial charge in [-0.25, -0.2) is 12.8 Å². The second kappa shape index (κ2) is 5.90. The van der Waals surface area contributed by atoms with Crippen LogP contribution in [0.2, 0.25) is 5.02 Å². The van der Waals surface area contributed by atoms with Gasteiger partial charge in [0.2, 0.25) is 10.0 Å². The Bertz CT molecular complexity index is 588. The Morgan fingerprint density at radius 1 is 1.53 bits per heavy atom. The second-order valence-electron chi connectivity index (χ2n) is 4.26. The monoisotopic (exact) mass is 306 g/mol. The fraction of sp³-hybridized carbons (Fsp3) is 0.333. The van der Waals surface area contributed by atoms with E-state index >= 15 is 0 Å². The van der Waals surface area contributed by atoms with Gasteiger partial charge in [0, 0.05) is 12.6 Å². The number of nitrogen functional groups attached to an aromatic ring is 1. The zero-order chi connectivity index (χ0) is 14.8. The fourth-order valence-electron chi connectivity index (χ4n) is 1.58. The Morgan fingerprint density at radius 2 is 2.11 bits per heavy atom. The van der Waals surface area contributed by atoms with Gasteiger partial charge in [-0.05, 0) is 26.0 Å². The third-order valence-corrected chi connectivity index (χ3v) is 5.03. The van der Waals surface area contributed by atoms with E-state index in [2.05, 4.69) is 6.58 Å². The summed E-state index contributed by atoms with van der Waals surface area (Å²) >= 11 is 5.81. The van der Waals surface area contributed by atoms with E-state index in [1.165, 1.54) is 10.4 Å². The summed E-state index contributed by atoms with van der Waals surface area (Å²) in [6.45, 7) is 7.10. The molecule has 0 aliphatic carbocycles. The minimum atomic E-state index is -3.85. The summed E-state index contributed by atoms with van der Waals surface area (Å²) in [6, 6.07) is 1.65. The van der Waals surface area contributed by atoms with Crippen LogP contribution in [0, 0.1) is 5.82 Å². The molecule has 0 aromatic heterocycles. The summed E-state index contributed by atoms with van der Waals surface area (Å²) in [7, 11) is -3.85. The first-order chi connectivity index (χ1) is 8.71. The number of hydrogen-bond acceptors (Lipinski definition) is 3. The molecule has 4 nitrogen and oxygen atoms in total. The molecule has 0 bridgehead atoms. The molecule has 0 aliphatic rings. The summed E-state index contributed by atoms with van der Waals surface area (Å²) in [4.78, 5) is -0.205. The van der Waals surface area contributed by atoms with Gasteiger partial charge in [-0.1, -0.05) is 17.7 Å². The molecule has 106 valence electrons. The number of benzene rings is 1. The van der Waals surface area contributed by atoms with Crippen molar-refractivity contribution >= 4 is 27.3 Å². The Balaban J connectivity index is 3.41. The zero-order valence-electron chi connectivity index (χ0n) is 10.7. The number of anilines is 1. The van der Waals surface area contributed by atoms with Crippen LogP contribution >= 0.6 is 11.6 Å². The van der Waals surface area contributed by atoms with Crippen molar-refractivity contribution in [3.8, 4) is 0 Å². The number of rotatable bonds is 5. The number of hydrogen-bond donors (Lipinski definition) is 1. The summed E-state index contributed by atoms with van der Waals surface area (Å²) in [5, 5.41) is -0.193. The summed E-state index contributed by atoms with van der Waals surface area (Å²) in [5.41, 5.74) is 5.14. The summed E-state index contributed by atoms with van der Waals surface area (Å²) in [5.74, 6) is -0.747. The molecule has 2 N–H and O–H groups in total. The van der Waals surface area contributed by atoms with E-state index in [1.807, 2.05) is 0 Å². The number of halogens is 2. The number of sulfonamides is 1. The number of nitrogens with two attached hydrogens (primary N) is 1. The Morgan fingerprint density at radius 3 is 2.58 bits per heavy atom. The summed E-state index contributed by atoms with van der Waals surface area (Å²) in [6.07, 6.45) is 1.47. The van der Waals surface area contributed by atoms with E-state index < -0.39 is 15.8 Å². The lowest BCUT2D eigenvalue weighted by Gasteiger charge is -2.25. The normalized spacial score (nSPS) is 12.1. The predicted octanol–water partition coefficient (Wildman–Crippen LogP) is 2.65. The lowest BCUT2D eigenvalue weighted by Crippen LogP contribution is -2.37. The molecule has 7 heteroatoms. The van der Waals surface area contributed by atoms with E-state index in [0.29, 0.717) is 0 Å². The molecule has 0 aliphatic heterocycles. The minimum absolute atomic E-state index is 0.133. The van der Waals surface area contributed by atoms with Gasteiger partial charge in [-0.15, -0.1) is 6.58 Å². The maximum Gasteiger partial charge on any atom is 0.245 e. The highest BCUT2D eigenvalue weighted by Gasteiger charge is 2.28. The van der Waals surface area contributed by atoms with Crippen LogP contribution in [-0.4, -0.2) is 25.3 Å². The van der Waals surface area contributed by atoms with E-state index in [-0.39, 0.29) is 28.2 Å². The van der Waals surface area contributed by atoms with Gasteiger partial charge in [-0.2, -0.15) is 4.31 Å². The van der Waals surface area contributed by atoms with Crippen LogP contribution in [0.5, 0.6) is 0 Å². The van der Waals surface area contributed by atoms with E-state index in [1.54, 1.807) is 13.8 Å². The maximum atomic E-state index is 13.2. The van der Waals surface area contributed by atoms with Gasteiger partial charge >= 0.3 is 0 Å². The van der Waals surface area contributed by atoms with Crippen LogP contribution in [0.25, 0.3) is 0 Å². The zero-order valence-corrected chi connectivity index (χ0v) is 12.3. The second-order valence-corrected chi connectivity index (χ2v) is 6.53. The van der Waals surface area contributed by atoms with Gasteiger partial charge in [0.05, 0.1) is 10.7 Å². The average molecular weight is 307 g/mol. The molecule has 0 heterocycles. The SMILES string of the molecule is C=CCN(C(C)C)S(=O)(=O)c1cc(N)c(F)cc1Cl. The topological polar surface area (TPSA) is 63.4 Å². The highest BCUT2D eigenvalue weighted by atomic mass is 35.5. The molecule has 0 spiro atoms. The van der Waals surface area contributed by atoms with E-state index in [4.69, 9.17) is 17.3 Å². The van der Waals surface area contributed by atoms with Crippen molar-refractivity contribution in [2.45, 2.75) is 24.8 Å². The molecule has 0 amide bonds. The van der Waals surface area contributed by atoms with Crippen LogP contribution in [0.4, 0.5) is 10.1 Å². The smallest absolute Gasteiger partial charge is 0.245 e. The van der Waals surface area contributed by atoms with Crippen molar-refractivity contribution in [3.63, 3.8) is 0 Å². The minimum Gasteiger partial charge on any atom is -0.396 e. The lowest BCUT2D eigenvalue weighted by atomic mass is 10.3. The van der Waals surface area contributed by atoms with Crippen molar-refractivity contribution in [3.05, 3.63) is 35.6 Å². The molecule has 0 saturated carbocycles. The first kappa shape index (κ1) is 15.9. The molecular weight excluding hydrogens is 291 g/mol. The molecule has 1 aromatic carbocycles. The van der Waals surface area contributed by atoms with Crippen molar-refractivity contribution in [1.82, 2.24) is 4.31 Å². The van der Waals surface area contributed by atoms with Gasteiger partial charge < -0.3 is 5.73 Å². The van der Waals surface area contributed by atoms with Crippen LogP contribution in [0.15, 0.2) is 29.7 Å². The molecule has 0 radical (unpaired) electrons. The van der Waals surface area contributed by atoms with E-state index in [9.17, 15) is 12.8 Å². The van der Waals surface area contributed by atoms with Crippen molar-refractivity contribution in [2.75, 3.05) is 12.3 Å². The number of nitrogens with zero attached hydrogens (tertiary/aromatic N) is 1. The molecule has 1 aromatic rings. The third kappa shape index (κ3) is 3.26. The third-order valence-electron chi connectivity index (χ3n) is 2.52. The molecular formula is C12H16ClFN2O2S. The van der Waals surface area contributed by atoms with Crippen LogP contribution < -0.4 is 5.73 Å². The van der Waals surface area contributed by atoms with Gasteiger partial charge in [0.15, 0.2) is 0 Å². The maximum absolute atomic E-state index is 13.2. The molecule has 0 saturated heterocycles. The van der Waals surface area contributed by atoms with Crippen molar-refractivity contribution in [1.29, 1.82) is 0 Å². The first-order valence-corrected chi connectivity index (χ1v) is 7.41. The molecule has 19 heavy (non-hydrogen) atoms. The Labute approximate surface area is 117 Å². The summed E-state index contributed by atoms with van der Waals surface area (Å²) < 4.78 is 39.4. The van der Waals surface area contributed by atoms with Gasteiger partial charge in [-0.3, -0.25) is 0 Å². The average Bonchev–Trinajstić information content (AvgIpc) is 2.29. The Kier molecular flexibility index (Phi) is 4.95. The molecule has 0 unspecified atom stereocenters.